The van der Waals surface area contributed by atoms with Crippen molar-refractivity contribution in [2.75, 3.05) is 19.4 Å². The van der Waals surface area contributed by atoms with Gasteiger partial charge in [0.25, 0.3) is 5.91 Å². The van der Waals surface area contributed by atoms with Gasteiger partial charge in [-0.05, 0) is 55.3 Å². The number of hydrogen-bond acceptors (Lipinski definition) is 3. The summed E-state index contributed by atoms with van der Waals surface area (Å²) in [5.74, 6) is -0.379. The molecule has 0 spiro atoms. The lowest BCUT2D eigenvalue weighted by Crippen LogP contribution is -2.23. The van der Waals surface area contributed by atoms with Gasteiger partial charge in [0, 0.05) is 30.4 Å². The molecule has 2 aromatic rings. The summed E-state index contributed by atoms with van der Waals surface area (Å²) < 4.78 is 25.8. The first kappa shape index (κ1) is 18.4. The zero-order valence-electron chi connectivity index (χ0n) is 13.9. The number of sulfonamides is 1. The number of amides is 1. The maximum Gasteiger partial charge on any atom is 0.255 e. The number of nitrogens with zero attached hydrogens (tertiary/aromatic N) is 1. The molecule has 0 aliphatic rings. The molecule has 0 heterocycles. The van der Waals surface area contributed by atoms with Gasteiger partial charge in [0.1, 0.15) is 0 Å². The third-order valence-electron chi connectivity index (χ3n) is 3.65. The van der Waals surface area contributed by atoms with Crippen LogP contribution in [0.15, 0.2) is 41.3 Å². The normalized spacial score (nSPS) is 11.6. The Morgan fingerprint density at radius 2 is 1.71 bits per heavy atom. The average molecular weight is 367 g/mol. The van der Waals surface area contributed by atoms with E-state index in [0.29, 0.717) is 16.3 Å². The van der Waals surface area contributed by atoms with Crippen LogP contribution in [0.4, 0.5) is 5.69 Å². The minimum absolute atomic E-state index is 0.118. The summed E-state index contributed by atoms with van der Waals surface area (Å²) in [7, 11) is -0.700. The first-order valence-corrected chi connectivity index (χ1v) is 9.05. The van der Waals surface area contributed by atoms with E-state index in [1.807, 2.05) is 6.92 Å². The molecule has 0 fully saturated rings. The van der Waals surface area contributed by atoms with Crippen molar-refractivity contribution in [1.82, 2.24) is 4.31 Å². The van der Waals surface area contributed by atoms with Crippen molar-refractivity contribution in [1.29, 1.82) is 0 Å². The minimum Gasteiger partial charge on any atom is -0.322 e. The van der Waals surface area contributed by atoms with Crippen LogP contribution in [0.3, 0.4) is 0 Å². The van der Waals surface area contributed by atoms with E-state index >= 15 is 0 Å². The molecule has 0 aliphatic heterocycles. The molecule has 0 saturated heterocycles. The molecule has 0 atom stereocenters. The molecule has 2 rings (SSSR count). The van der Waals surface area contributed by atoms with Crippen LogP contribution in [0, 0.1) is 13.8 Å². The number of carbonyl (C=O) groups excluding carboxylic acids is 1. The molecule has 0 bridgehead atoms. The molecule has 0 saturated carbocycles. The summed E-state index contributed by atoms with van der Waals surface area (Å²) in [5.41, 5.74) is 2.31. The van der Waals surface area contributed by atoms with Gasteiger partial charge in [-0.15, -0.1) is 0 Å². The second kappa shape index (κ2) is 6.93. The summed E-state index contributed by atoms with van der Waals surface area (Å²) >= 11 is 5.90. The van der Waals surface area contributed by atoms with Crippen LogP contribution in [-0.2, 0) is 10.0 Å². The molecular formula is C17H19ClN2O3S. The summed E-state index contributed by atoms with van der Waals surface area (Å²) in [5, 5.41) is 3.36. The second-order valence-corrected chi connectivity index (χ2v) is 8.24. The highest BCUT2D eigenvalue weighted by Gasteiger charge is 2.21. The van der Waals surface area contributed by atoms with Crippen LogP contribution in [0.5, 0.6) is 0 Å². The number of nitrogens with one attached hydrogen (secondary N) is 1. The fraction of sp³-hybridized carbons (Fsp3) is 0.235. The standard InChI is InChI=1S/C17H19ClN2O3S/c1-11-5-6-13(10-16(11)24(22,23)20(3)4)17(21)19-15-8-7-14(18)9-12(15)2/h5-10H,1-4H3,(H,19,21). The van der Waals surface area contributed by atoms with Crippen molar-refractivity contribution in [3.63, 3.8) is 0 Å². The Balaban J connectivity index is 2.37. The number of benzene rings is 2. The zero-order chi connectivity index (χ0) is 18.1. The molecular weight excluding hydrogens is 348 g/mol. The van der Waals surface area contributed by atoms with Crippen LogP contribution in [-0.4, -0.2) is 32.7 Å². The van der Waals surface area contributed by atoms with Gasteiger partial charge in [-0.2, -0.15) is 0 Å². The number of aryl methyl sites for hydroxylation is 2. The Bertz CT molecular complexity index is 893. The van der Waals surface area contributed by atoms with Crippen LogP contribution in [0.1, 0.15) is 21.5 Å². The van der Waals surface area contributed by atoms with Crippen molar-refractivity contribution < 1.29 is 13.2 Å². The summed E-state index contributed by atoms with van der Waals surface area (Å²) in [6.45, 7) is 3.53. The van der Waals surface area contributed by atoms with Gasteiger partial charge in [0.15, 0.2) is 0 Å². The van der Waals surface area contributed by atoms with Crippen LogP contribution in [0.25, 0.3) is 0 Å². The van der Waals surface area contributed by atoms with Gasteiger partial charge in [-0.3, -0.25) is 4.79 Å². The minimum atomic E-state index is -3.61. The monoisotopic (exact) mass is 366 g/mol. The summed E-state index contributed by atoms with van der Waals surface area (Å²) in [4.78, 5) is 12.6. The molecule has 5 nitrogen and oxygen atoms in total. The van der Waals surface area contributed by atoms with Crippen molar-refractivity contribution in [3.8, 4) is 0 Å². The summed E-state index contributed by atoms with van der Waals surface area (Å²) in [6, 6.07) is 9.76. The van der Waals surface area contributed by atoms with Crippen molar-refractivity contribution in [2.45, 2.75) is 18.7 Å². The van der Waals surface area contributed by atoms with Crippen molar-refractivity contribution >= 4 is 33.2 Å². The first-order chi connectivity index (χ1) is 11.1. The highest BCUT2D eigenvalue weighted by Crippen LogP contribution is 2.23. The lowest BCUT2D eigenvalue weighted by Gasteiger charge is -2.15. The number of halogens is 1. The van der Waals surface area contributed by atoms with Gasteiger partial charge in [0.2, 0.25) is 10.0 Å². The van der Waals surface area contributed by atoms with E-state index in [0.717, 1.165) is 9.87 Å². The van der Waals surface area contributed by atoms with E-state index in [4.69, 9.17) is 11.6 Å². The Labute approximate surface area is 147 Å². The summed E-state index contributed by atoms with van der Waals surface area (Å²) in [6.07, 6.45) is 0. The smallest absolute Gasteiger partial charge is 0.255 e. The van der Waals surface area contributed by atoms with Crippen molar-refractivity contribution in [3.05, 3.63) is 58.1 Å². The van der Waals surface area contributed by atoms with Gasteiger partial charge in [-0.1, -0.05) is 17.7 Å². The van der Waals surface area contributed by atoms with Crippen LogP contribution >= 0.6 is 11.6 Å². The van der Waals surface area contributed by atoms with Crippen LogP contribution in [0.2, 0.25) is 5.02 Å². The van der Waals surface area contributed by atoms with E-state index in [9.17, 15) is 13.2 Å². The maximum absolute atomic E-state index is 12.5. The number of carbonyl (C=O) groups is 1. The zero-order valence-corrected chi connectivity index (χ0v) is 15.5. The van der Waals surface area contributed by atoms with E-state index in [2.05, 4.69) is 5.32 Å². The van der Waals surface area contributed by atoms with Gasteiger partial charge < -0.3 is 5.32 Å². The molecule has 2 aromatic carbocycles. The number of hydrogen-bond donors (Lipinski definition) is 1. The molecule has 7 heteroatoms. The van der Waals surface area contributed by atoms with E-state index in [-0.39, 0.29) is 16.4 Å². The second-order valence-electron chi connectivity index (χ2n) is 5.68. The fourth-order valence-electron chi connectivity index (χ4n) is 2.18. The number of anilines is 1. The molecule has 1 N–H and O–H groups in total. The Morgan fingerprint density at radius 3 is 2.29 bits per heavy atom. The third kappa shape index (κ3) is 3.77. The average Bonchev–Trinajstić information content (AvgIpc) is 2.50. The quantitative estimate of drug-likeness (QED) is 0.901. The largest absolute Gasteiger partial charge is 0.322 e. The Kier molecular flexibility index (Phi) is 5.32. The predicted octanol–water partition coefficient (Wildman–Crippen LogP) is 3.46. The highest BCUT2D eigenvalue weighted by molar-refractivity contribution is 7.89. The Morgan fingerprint density at radius 1 is 1.04 bits per heavy atom. The van der Waals surface area contributed by atoms with Crippen LogP contribution < -0.4 is 5.32 Å². The van der Waals surface area contributed by atoms with E-state index < -0.39 is 10.0 Å². The van der Waals surface area contributed by atoms with E-state index in [1.54, 1.807) is 37.3 Å². The SMILES string of the molecule is Cc1cc(Cl)ccc1NC(=O)c1ccc(C)c(S(=O)(=O)N(C)C)c1. The third-order valence-corrected chi connectivity index (χ3v) is 5.84. The highest BCUT2D eigenvalue weighted by atomic mass is 35.5. The lowest BCUT2D eigenvalue weighted by atomic mass is 10.1. The van der Waals surface area contributed by atoms with E-state index in [1.165, 1.54) is 20.2 Å². The molecule has 0 radical (unpaired) electrons. The lowest BCUT2D eigenvalue weighted by molar-refractivity contribution is 0.102. The maximum atomic E-state index is 12.5. The Hall–Kier alpha value is -1.89. The molecule has 1 amide bonds. The molecule has 128 valence electrons. The molecule has 0 aromatic heterocycles. The van der Waals surface area contributed by atoms with Crippen molar-refractivity contribution in [2.24, 2.45) is 0 Å². The molecule has 24 heavy (non-hydrogen) atoms. The van der Waals surface area contributed by atoms with Gasteiger partial charge in [-0.25, -0.2) is 12.7 Å². The fourth-order valence-corrected chi connectivity index (χ4v) is 3.55. The predicted molar refractivity (Wildman–Crippen MR) is 96.2 cm³/mol. The first-order valence-electron chi connectivity index (χ1n) is 7.23. The topological polar surface area (TPSA) is 66.5 Å². The van der Waals surface area contributed by atoms with Gasteiger partial charge in [0.05, 0.1) is 4.90 Å². The molecule has 0 aliphatic carbocycles. The van der Waals surface area contributed by atoms with Gasteiger partial charge >= 0.3 is 0 Å². The number of rotatable bonds is 4. The molecule has 0 unspecified atom stereocenters.